The molecule has 11 nitrogen and oxygen atoms in total. The number of carboxylic acids is 1. The van der Waals surface area contributed by atoms with E-state index in [0.29, 0.717) is 19.3 Å². The van der Waals surface area contributed by atoms with Crippen LogP contribution < -0.4 is 27.0 Å². The van der Waals surface area contributed by atoms with Crippen molar-refractivity contribution >= 4 is 29.6 Å². The van der Waals surface area contributed by atoms with Crippen molar-refractivity contribution in [2.24, 2.45) is 23.5 Å². The Morgan fingerprint density at radius 1 is 0.617 bits per heavy atom. The smallest absolute Gasteiger partial charge is 0.326 e. The van der Waals surface area contributed by atoms with Crippen molar-refractivity contribution in [1.82, 2.24) is 21.3 Å². The second-order valence-electron chi connectivity index (χ2n) is 13.1. The quantitative estimate of drug-likeness (QED) is 0.135. The molecule has 0 bridgehead atoms. The first-order valence-electron chi connectivity index (χ1n) is 16.5. The topological polar surface area (TPSA) is 180 Å². The van der Waals surface area contributed by atoms with E-state index in [4.69, 9.17) is 5.73 Å². The average Bonchev–Trinajstić information content (AvgIpc) is 3.02. The van der Waals surface area contributed by atoms with Gasteiger partial charge in [0.25, 0.3) is 0 Å². The average molecular weight is 652 g/mol. The molecule has 47 heavy (non-hydrogen) atoms. The van der Waals surface area contributed by atoms with Gasteiger partial charge >= 0.3 is 5.97 Å². The highest BCUT2D eigenvalue weighted by Gasteiger charge is 2.33. The fourth-order valence-corrected chi connectivity index (χ4v) is 5.19. The number of amides is 4. The first-order chi connectivity index (χ1) is 22.2. The summed E-state index contributed by atoms with van der Waals surface area (Å²) in [5.41, 5.74) is 7.86. The zero-order chi connectivity index (χ0) is 35.1. The number of nitrogens with two attached hydrogens (primary N) is 1. The lowest BCUT2D eigenvalue weighted by Crippen LogP contribution is -2.59. The number of carboxylic acid groups (broad SMARTS) is 1. The molecule has 0 fully saturated rings. The van der Waals surface area contributed by atoms with Crippen LogP contribution in [0.1, 0.15) is 71.9 Å². The molecule has 0 spiro atoms. The molecular weight excluding hydrogens is 598 g/mol. The predicted octanol–water partition coefficient (Wildman–Crippen LogP) is 2.96. The van der Waals surface area contributed by atoms with Gasteiger partial charge in [-0.1, -0.05) is 109 Å². The maximum atomic E-state index is 13.8. The maximum absolute atomic E-state index is 13.8. The SMILES string of the molecule is CC[C@H](C)[C@H](NC(=O)[C@H](CC(C)C)NC(=O)[C@H](Cc1ccccc1)NC(=O)[C@H](CC(C)C)NC(=O)[C@@H](N)Cc1ccccc1)C(=O)O. The fraction of sp³-hybridized carbons (Fsp3) is 0.528. The summed E-state index contributed by atoms with van der Waals surface area (Å²) in [5.74, 6) is -3.71. The lowest BCUT2D eigenvalue weighted by Gasteiger charge is -2.28. The van der Waals surface area contributed by atoms with Crippen molar-refractivity contribution in [3.63, 3.8) is 0 Å². The van der Waals surface area contributed by atoms with Crippen molar-refractivity contribution < 1.29 is 29.1 Å². The molecule has 0 saturated carbocycles. The van der Waals surface area contributed by atoms with Gasteiger partial charge in [0.1, 0.15) is 24.2 Å². The third-order valence-electron chi connectivity index (χ3n) is 8.01. The van der Waals surface area contributed by atoms with E-state index in [1.807, 2.05) is 95.3 Å². The molecular formula is C36H53N5O6. The van der Waals surface area contributed by atoms with Crippen molar-refractivity contribution in [3.05, 3.63) is 71.8 Å². The Bertz CT molecular complexity index is 1300. The molecule has 6 atom stereocenters. The van der Waals surface area contributed by atoms with Gasteiger partial charge in [0.2, 0.25) is 23.6 Å². The van der Waals surface area contributed by atoms with Crippen LogP contribution in [0.15, 0.2) is 60.7 Å². The van der Waals surface area contributed by atoms with E-state index in [2.05, 4.69) is 21.3 Å². The highest BCUT2D eigenvalue weighted by atomic mass is 16.4. The van der Waals surface area contributed by atoms with Gasteiger partial charge in [-0.3, -0.25) is 19.2 Å². The monoisotopic (exact) mass is 651 g/mol. The number of nitrogens with one attached hydrogen (secondary N) is 4. The van der Waals surface area contributed by atoms with E-state index in [1.165, 1.54) is 0 Å². The standard InChI is InChI=1S/C36H53N5O6/c1-7-24(6)31(36(46)47)41-35(45)29(19-23(4)5)39-34(44)30(21-26-16-12-9-13-17-26)40-33(43)28(18-22(2)3)38-32(42)27(37)20-25-14-10-8-11-15-25/h8-17,22-24,27-31H,7,18-21,37H2,1-6H3,(H,38,42)(H,39,44)(H,40,43)(H,41,45)(H,46,47)/t24-,27-,28-,29-,30-,31-/m0/s1. The Labute approximate surface area is 278 Å². The predicted molar refractivity (Wildman–Crippen MR) is 182 cm³/mol. The molecule has 0 saturated heterocycles. The van der Waals surface area contributed by atoms with Crippen LogP contribution in [-0.4, -0.2) is 64.9 Å². The van der Waals surface area contributed by atoms with E-state index < -0.39 is 59.8 Å². The van der Waals surface area contributed by atoms with E-state index in [-0.39, 0.29) is 30.6 Å². The van der Waals surface area contributed by atoms with Crippen molar-refractivity contribution in [1.29, 1.82) is 0 Å². The molecule has 0 aliphatic rings. The molecule has 0 aliphatic heterocycles. The largest absolute Gasteiger partial charge is 0.480 e. The first-order valence-corrected chi connectivity index (χ1v) is 16.5. The number of hydrogen-bond donors (Lipinski definition) is 6. The summed E-state index contributed by atoms with van der Waals surface area (Å²) < 4.78 is 0. The fourth-order valence-electron chi connectivity index (χ4n) is 5.19. The number of hydrogen-bond acceptors (Lipinski definition) is 6. The Kier molecular flexibility index (Phi) is 16.1. The summed E-state index contributed by atoms with van der Waals surface area (Å²) in [7, 11) is 0. The Morgan fingerprint density at radius 3 is 1.47 bits per heavy atom. The number of carbonyl (C=O) groups excluding carboxylic acids is 4. The molecule has 4 amide bonds. The normalized spacial score (nSPS) is 15.1. The summed E-state index contributed by atoms with van der Waals surface area (Å²) in [6, 6.07) is 13.4. The highest BCUT2D eigenvalue weighted by Crippen LogP contribution is 2.13. The summed E-state index contributed by atoms with van der Waals surface area (Å²) in [6.45, 7) is 11.2. The Balaban J connectivity index is 2.29. The number of aliphatic carboxylic acids is 1. The minimum atomic E-state index is -1.15. The molecule has 0 unspecified atom stereocenters. The number of carbonyl (C=O) groups is 5. The molecule has 2 rings (SSSR count). The maximum Gasteiger partial charge on any atom is 0.326 e. The number of benzene rings is 2. The first kappa shape index (κ1) is 38.9. The van der Waals surface area contributed by atoms with Crippen LogP contribution in [0, 0.1) is 17.8 Å². The summed E-state index contributed by atoms with van der Waals surface area (Å²) in [5, 5.41) is 20.7. The second kappa shape index (κ2) is 19.4. The third kappa shape index (κ3) is 13.6. The van der Waals surface area contributed by atoms with Crippen LogP contribution in [0.3, 0.4) is 0 Å². The summed E-state index contributed by atoms with van der Waals surface area (Å²) in [6.07, 6.45) is 1.51. The Hall–Kier alpha value is -4.25. The zero-order valence-electron chi connectivity index (χ0n) is 28.5. The minimum absolute atomic E-state index is 0.00850. The van der Waals surface area contributed by atoms with Gasteiger partial charge in [0, 0.05) is 6.42 Å². The lowest BCUT2D eigenvalue weighted by atomic mass is 9.97. The Morgan fingerprint density at radius 2 is 1.02 bits per heavy atom. The van der Waals surface area contributed by atoms with Crippen LogP contribution in [0.2, 0.25) is 0 Å². The van der Waals surface area contributed by atoms with Gasteiger partial charge in [-0.15, -0.1) is 0 Å². The second-order valence-corrected chi connectivity index (χ2v) is 13.1. The van der Waals surface area contributed by atoms with E-state index in [0.717, 1.165) is 11.1 Å². The molecule has 0 heterocycles. The molecule has 11 heteroatoms. The van der Waals surface area contributed by atoms with Crippen molar-refractivity contribution in [3.8, 4) is 0 Å². The van der Waals surface area contributed by atoms with Crippen molar-refractivity contribution in [2.45, 2.75) is 104 Å². The van der Waals surface area contributed by atoms with E-state index >= 15 is 0 Å². The lowest BCUT2D eigenvalue weighted by molar-refractivity contribution is -0.144. The van der Waals surface area contributed by atoms with Crippen molar-refractivity contribution in [2.75, 3.05) is 0 Å². The summed E-state index contributed by atoms with van der Waals surface area (Å²) >= 11 is 0. The highest BCUT2D eigenvalue weighted by molar-refractivity contribution is 5.95. The summed E-state index contributed by atoms with van der Waals surface area (Å²) in [4.78, 5) is 65.9. The van der Waals surface area contributed by atoms with Crippen LogP contribution in [0.4, 0.5) is 0 Å². The van der Waals surface area contributed by atoms with Crippen LogP contribution in [-0.2, 0) is 36.8 Å². The zero-order valence-corrected chi connectivity index (χ0v) is 28.5. The van der Waals surface area contributed by atoms with Gasteiger partial charge in [-0.25, -0.2) is 4.79 Å². The molecule has 258 valence electrons. The molecule has 2 aromatic rings. The van der Waals surface area contributed by atoms with Gasteiger partial charge in [-0.2, -0.15) is 0 Å². The molecule has 0 aliphatic carbocycles. The van der Waals surface area contributed by atoms with Gasteiger partial charge < -0.3 is 32.1 Å². The van der Waals surface area contributed by atoms with Gasteiger partial charge in [0.15, 0.2) is 0 Å². The molecule has 0 aromatic heterocycles. The third-order valence-corrected chi connectivity index (χ3v) is 8.01. The molecule has 7 N–H and O–H groups in total. The van der Waals surface area contributed by atoms with Gasteiger partial charge in [-0.05, 0) is 48.1 Å². The van der Waals surface area contributed by atoms with E-state index in [9.17, 15) is 29.1 Å². The van der Waals surface area contributed by atoms with Crippen LogP contribution in [0.5, 0.6) is 0 Å². The van der Waals surface area contributed by atoms with Crippen LogP contribution >= 0.6 is 0 Å². The number of rotatable bonds is 19. The molecule has 2 aromatic carbocycles. The minimum Gasteiger partial charge on any atom is -0.480 e. The van der Waals surface area contributed by atoms with E-state index in [1.54, 1.807) is 6.92 Å². The molecule has 0 radical (unpaired) electrons. The van der Waals surface area contributed by atoms with Crippen LogP contribution in [0.25, 0.3) is 0 Å². The van der Waals surface area contributed by atoms with Gasteiger partial charge in [0.05, 0.1) is 6.04 Å².